The Kier molecular flexibility index (Phi) is 2.79. The normalized spacial score (nSPS) is 10.8. The lowest BCUT2D eigenvalue weighted by molar-refractivity contribution is 0.632. The van der Waals surface area contributed by atoms with Crippen LogP contribution in [0.15, 0.2) is 30.6 Å². The van der Waals surface area contributed by atoms with E-state index in [0.29, 0.717) is 29.2 Å². The van der Waals surface area contributed by atoms with Crippen LogP contribution in [0.1, 0.15) is 6.92 Å². The second-order valence-electron chi connectivity index (χ2n) is 3.90. The summed E-state index contributed by atoms with van der Waals surface area (Å²) in [5.41, 5.74) is 1.48. The van der Waals surface area contributed by atoms with Crippen molar-refractivity contribution >= 4 is 22.7 Å². The van der Waals surface area contributed by atoms with Gasteiger partial charge < -0.3 is 5.32 Å². The van der Waals surface area contributed by atoms with Gasteiger partial charge >= 0.3 is 0 Å². The summed E-state index contributed by atoms with van der Waals surface area (Å²) in [4.78, 5) is 8.22. The van der Waals surface area contributed by atoms with Crippen molar-refractivity contribution in [1.29, 1.82) is 0 Å². The molecule has 0 aliphatic rings. The SMILES string of the molecule is CCn1nnc2c(Nc3ccccc3F)ncnc21. The van der Waals surface area contributed by atoms with E-state index < -0.39 is 0 Å². The van der Waals surface area contributed by atoms with E-state index in [4.69, 9.17) is 0 Å². The number of halogens is 1. The van der Waals surface area contributed by atoms with Gasteiger partial charge in [0.15, 0.2) is 17.0 Å². The van der Waals surface area contributed by atoms with Gasteiger partial charge in [0.1, 0.15) is 12.1 Å². The molecule has 0 aliphatic heterocycles. The summed E-state index contributed by atoms with van der Waals surface area (Å²) in [6.07, 6.45) is 1.40. The van der Waals surface area contributed by atoms with Gasteiger partial charge in [0.05, 0.1) is 5.69 Å². The number of aryl methyl sites for hydroxylation is 1. The molecule has 0 amide bonds. The summed E-state index contributed by atoms with van der Waals surface area (Å²) >= 11 is 0. The highest BCUT2D eigenvalue weighted by Crippen LogP contribution is 2.22. The van der Waals surface area contributed by atoms with Gasteiger partial charge in [-0.15, -0.1) is 5.10 Å². The van der Waals surface area contributed by atoms with Gasteiger partial charge in [-0.05, 0) is 19.1 Å². The summed E-state index contributed by atoms with van der Waals surface area (Å²) in [6.45, 7) is 2.60. The van der Waals surface area contributed by atoms with Crippen LogP contribution in [-0.4, -0.2) is 25.0 Å². The molecule has 0 bridgehead atoms. The van der Waals surface area contributed by atoms with E-state index in [2.05, 4.69) is 25.6 Å². The second-order valence-corrected chi connectivity index (χ2v) is 3.90. The molecule has 3 rings (SSSR count). The van der Waals surface area contributed by atoms with Crippen LogP contribution < -0.4 is 5.32 Å². The Balaban J connectivity index is 2.06. The van der Waals surface area contributed by atoms with Crippen LogP contribution in [0.25, 0.3) is 11.2 Å². The first kappa shape index (κ1) is 11.5. The molecule has 0 saturated heterocycles. The Morgan fingerprint density at radius 3 is 2.89 bits per heavy atom. The number of fused-ring (bicyclic) bond motifs is 1. The van der Waals surface area contributed by atoms with Crippen molar-refractivity contribution in [3.63, 3.8) is 0 Å². The van der Waals surface area contributed by atoms with E-state index >= 15 is 0 Å². The monoisotopic (exact) mass is 258 g/mol. The fourth-order valence-electron chi connectivity index (χ4n) is 1.79. The minimum absolute atomic E-state index is 0.341. The predicted molar refractivity (Wildman–Crippen MR) is 68.5 cm³/mol. The molecule has 0 fully saturated rings. The third kappa shape index (κ3) is 1.99. The Hall–Kier alpha value is -2.57. The summed E-state index contributed by atoms with van der Waals surface area (Å²) in [5, 5.41) is 10.9. The van der Waals surface area contributed by atoms with Crippen molar-refractivity contribution in [2.45, 2.75) is 13.5 Å². The molecule has 0 aliphatic carbocycles. The zero-order valence-electron chi connectivity index (χ0n) is 10.2. The molecule has 0 unspecified atom stereocenters. The molecule has 0 atom stereocenters. The zero-order valence-corrected chi connectivity index (χ0v) is 10.2. The van der Waals surface area contributed by atoms with Crippen molar-refractivity contribution in [1.82, 2.24) is 25.0 Å². The van der Waals surface area contributed by atoms with Gasteiger partial charge in [0, 0.05) is 6.54 Å². The molecule has 0 saturated carbocycles. The van der Waals surface area contributed by atoms with E-state index in [-0.39, 0.29) is 5.82 Å². The molecule has 0 radical (unpaired) electrons. The summed E-state index contributed by atoms with van der Waals surface area (Å²) in [7, 11) is 0. The molecule has 2 heterocycles. The van der Waals surface area contributed by atoms with Crippen molar-refractivity contribution in [2.24, 2.45) is 0 Å². The molecular formula is C12H11FN6. The quantitative estimate of drug-likeness (QED) is 0.779. The molecule has 3 aromatic rings. The third-order valence-electron chi connectivity index (χ3n) is 2.73. The summed E-state index contributed by atoms with van der Waals surface area (Å²) in [5.74, 6) is 0.0898. The first-order valence-corrected chi connectivity index (χ1v) is 5.85. The Morgan fingerprint density at radius 2 is 2.11 bits per heavy atom. The average Bonchev–Trinajstić information content (AvgIpc) is 2.85. The van der Waals surface area contributed by atoms with Crippen LogP contribution in [-0.2, 0) is 6.54 Å². The van der Waals surface area contributed by atoms with Crippen LogP contribution in [0.4, 0.5) is 15.9 Å². The van der Waals surface area contributed by atoms with Crippen LogP contribution >= 0.6 is 0 Å². The van der Waals surface area contributed by atoms with Gasteiger partial charge in [0.25, 0.3) is 0 Å². The first-order chi connectivity index (χ1) is 9.29. The minimum atomic E-state index is -0.350. The standard InChI is InChI=1S/C12H11FN6/c1-2-19-12-10(17-18-19)11(14-7-15-12)16-9-6-4-3-5-8(9)13/h3-7H,2H2,1H3,(H,14,15,16). The van der Waals surface area contributed by atoms with Gasteiger partial charge in [-0.1, -0.05) is 17.3 Å². The zero-order chi connectivity index (χ0) is 13.2. The van der Waals surface area contributed by atoms with Crippen molar-refractivity contribution in [3.05, 3.63) is 36.4 Å². The number of hydrogen-bond donors (Lipinski definition) is 1. The lowest BCUT2D eigenvalue weighted by Gasteiger charge is -2.06. The van der Waals surface area contributed by atoms with E-state index in [1.54, 1.807) is 22.9 Å². The van der Waals surface area contributed by atoms with Gasteiger partial charge in [-0.25, -0.2) is 19.0 Å². The molecule has 7 heteroatoms. The molecule has 0 spiro atoms. The highest BCUT2D eigenvalue weighted by Gasteiger charge is 2.11. The maximum Gasteiger partial charge on any atom is 0.183 e. The van der Waals surface area contributed by atoms with Crippen molar-refractivity contribution in [3.8, 4) is 0 Å². The van der Waals surface area contributed by atoms with E-state index in [0.717, 1.165) is 0 Å². The Morgan fingerprint density at radius 1 is 1.26 bits per heavy atom. The fraction of sp³-hybridized carbons (Fsp3) is 0.167. The maximum absolute atomic E-state index is 13.6. The average molecular weight is 258 g/mol. The highest BCUT2D eigenvalue weighted by molar-refractivity contribution is 5.84. The maximum atomic E-state index is 13.6. The number of benzene rings is 1. The van der Waals surface area contributed by atoms with Crippen molar-refractivity contribution in [2.75, 3.05) is 5.32 Å². The van der Waals surface area contributed by atoms with Gasteiger partial charge in [-0.2, -0.15) is 0 Å². The third-order valence-corrected chi connectivity index (χ3v) is 2.73. The number of anilines is 2. The number of aromatic nitrogens is 5. The molecule has 19 heavy (non-hydrogen) atoms. The molecule has 6 nitrogen and oxygen atoms in total. The summed E-state index contributed by atoms with van der Waals surface area (Å²) < 4.78 is 15.3. The highest BCUT2D eigenvalue weighted by atomic mass is 19.1. The largest absolute Gasteiger partial charge is 0.336 e. The minimum Gasteiger partial charge on any atom is -0.336 e. The molecule has 1 N–H and O–H groups in total. The number of nitrogens with zero attached hydrogens (tertiary/aromatic N) is 5. The van der Waals surface area contributed by atoms with Crippen molar-refractivity contribution < 1.29 is 4.39 Å². The number of hydrogen-bond acceptors (Lipinski definition) is 5. The lowest BCUT2D eigenvalue weighted by atomic mass is 10.3. The van der Waals surface area contributed by atoms with E-state index in [9.17, 15) is 4.39 Å². The van der Waals surface area contributed by atoms with Gasteiger partial charge in [0.2, 0.25) is 0 Å². The van der Waals surface area contributed by atoms with Crippen LogP contribution in [0.3, 0.4) is 0 Å². The fourth-order valence-corrected chi connectivity index (χ4v) is 1.79. The lowest BCUT2D eigenvalue weighted by Crippen LogP contribution is -2.00. The summed E-state index contributed by atoms with van der Waals surface area (Å²) in [6, 6.07) is 6.38. The van der Waals surface area contributed by atoms with E-state index in [1.165, 1.54) is 12.4 Å². The van der Waals surface area contributed by atoms with Crippen LogP contribution in [0, 0.1) is 5.82 Å². The molecule has 1 aromatic carbocycles. The number of rotatable bonds is 3. The molecule has 96 valence electrons. The Bertz CT molecular complexity index is 723. The smallest absolute Gasteiger partial charge is 0.183 e. The van der Waals surface area contributed by atoms with Gasteiger partial charge in [-0.3, -0.25) is 0 Å². The predicted octanol–water partition coefficient (Wildman–Crippen LogP) is 2.12. The topological polar surface area (TPSA) is 68.5 Å². The Labute approximate surface area is 108 Å². The second kappa shape index (κ2) is 4.60. The molecular weight excluding hydrogens is 247 g/mol. The number of nitrogens with one attached hydrogen (secondary N) is 1. The first-order valence-electron chi connectivity index (χ1n) is 5.85. The van der Waals surface area contributed by atoms with E-state index in [1.807, 2.05) is 6.92 Å². The molecule has 2 aromatic heterocycles. The van der Waals surface area contributed by atoms with Crippen LogP contribution in [0.2, 0.25) is 0 Å². The van der Waals surface area contributed by atoms with Crippen LogP contribution in [0.5, 0.6) is 0 Å². The number of para-hydroxylation sites is 1.